The van der Waals surface area contributed by atoms with Crippen molar-refractivity contribution in [2.45, 2.75) is 18.4 Å². The average molecular weight is 360 g/mol. The molecule has 0 heterocycles. The second-order valence-electron chi connectivity index (χ2n) is 6.06. The maximum absolute atomic E-state index is 12.5. The molecule has 1 saturated carbocycles. The van der Waals surface area contributed by atoms with Crippen LogP contribution in [-0.2, 0) is 9.59 Å². The number of carboxylic acids is 1. The number of methoxy groups -OCH3 is 1. The fourth-order valence-electron chi connectivity index (χ4n) is 2.92. The topological polar surface area (TPSA) is 75.6 Å². The average Bonchev–Trinajstić information content (AvgIpc) is 3.41. The molecule has 130 valence electrons. The number of aliphatic carboxylic acids is 1. The molecule has 0 spiro atoms. The van der Waals surface area contributed by atoms with Crippen molar-refractivity contribution < 1.29 is 19.4 Å². The van der Waals surface area contributed by atoms with E-state index in [2.05, 4.69) is 5.32 Å². The third kappa shape index (κ3) is 3.94. The van der Waals surface area contributed by atoms with Gasteiger partial charge in [0.1, 0.15) is 5.75 Å². The van der Waals surface area contributed by atoms with Crippen LogP contribution in [0.3, 0.4) is 0 Å². The highest BCUT2D eigenvalue weighted by Gasteiger charge is 2.45. The van der Waals surface area contributed by atoms with Gasteiger partial charge in [0.25, 0.3) is 0 Å². The van der Waals surface area contributed by atoms with Gasteiger partial charge in [0.2, 0.25) is 5.91 Å². The van der Waals surface area contributed by atoms with Crippen LogP contribution < -0.4 is 10.1 Å². The van der Waals surface area contributed by atoms with Crippen LogP contribution in [0.2, 0.25) is 5.02 Å². The van der Waals surface area contributed by atoms with E-state index in [0.717, 1.165) is 11.3 Å². The van der Waals surface area contributed by atoms with E-state index < -0.39 is 12.0 Å². The van der Waals surface area contributed by atoms with E-state index in [0.29, 0.717) is 17.0 Å². The van der Waals surface area contributed by atoms with E-state index in [1.54, 1.807) is 31.4 Å². The van der Waals surface area contributed by atoms with Crippen molar-refractivity contribution in [3.05, 3.63) is 64.7 Å². The maximum Gasteiger partial charge on any atom is 0.330 e. The molecule has 0 bridgehead atoms. The first-order valence-corrected chi connectivity index (χ1v) is 8.30. The summed E-state index contributed by atoms with van der Waals surface area (Å²) in [4.78, 5) is 24.0. The number of carbonyl (C=O) groups is 2. The number of nitrogens with one attached hydrogen (secondary N) is 1. The fourth-order valence-corrected chi connectivity index (χ4v) is 3.04. The Balaban J connectivity index is 1.68. The van der Waals surface area contributed by atoms with Crippen molar-refractivity contribution in [2.24, 2.45) is 5.92 Å². The van der Waals surface area contributed by atoms with E-state index in [1.165, 1.54) is 0 Å². The molecule has 2 N–H and O–H groups in total. The van der Waals surface area contributed by atoms with Gasteiger partial charge in [0.15, 0.2) is 6.04 Å². The van der Waals surface area contributed by atoms with Gasteiger partial charge in [-0.05, 0) is 47.7 Å². The first-order chi connectivity index (χ1) is 12.0. The lowest BCUT2D eigenvalue weighted by Gasteiger charge is -2.15. The van der Waals surface area contributed by atoms with Crippen LogP contribution in [0, 0.1) is 5.92 Å². The summed E-state index contributed by atoms with van der Waals surface area (Å²) in [6.45, 7) is 0. The highest BCUT2D eigenvalue weighted by molar-refractivity contribution is 6.30. The Kier molecular flexibility index (Phi) is 4.95. The number of hydrogen-bond acceptors (Lipinski definition) is 3. The number of amides is 1. The normalized spacial score (nSPS) is 19.8. The zero-order valence-electron chi connectivity index (χ0n) is 13.6. The molecule has 3 rings (SSSR count). The molecule has 1 aliphatic rings. The largest absolute Gasteiger partial charge is 0.497 e. The Labute approximate surface area is 150 Å². The van der Waals surface area contributed by atoms with Crippen LogP contribution in [-0.4, -0.2) is 24.1 Å². The van der Waals surface area contributed by atoms with Gasteiger partial charge in [-0.25, -0.2) is 4.79 Å². The molecule has 5 nitrogen and oxygen atoms in total. The minimum atomic E-state index is -1.10. The molecule has 1 aliphatic carbocycles. The van der Waals surface area contributed by atoms with Gasteiger partial charge in [0, 0.05) is 10.9 Å². The van der Waals surface area contributed by atoms with E-state index in [-0.39, 0.29) is 17.7 Å². The molecule has 6 heteroatoms. The Hall–Kier alpha value is -2.53. The quantitative estimate of drug-likeness (QED) is 0.828. The predicted molar refractivity (Wildman–Crippen MR) is 93.8 cm³/mol. The van der Waals surface area contributed by atoms with E-state index in [1.807, 2.05) is 24.3 Å². The number of rotatable bonds is 6. The standard InChI is InChI=1S/C19H18ClNO4/c1-25-14-4-2-3-12(9-14)15-10-16(15)18(22)21-17(19(23)24)11-5-7-13(20)8-6-11/h2-9,15-17H,10H2,1H3,(H,21,22)(H,23,24). The summed E-state index contributed by atoms with van der Waals surface area (Å²) >= 11 is 5.83. The van der Waals surface area contributed by atoms with E-state index in [9.17, 15) is 14.7 Å². The molecule has 1 amide bonds. The molecule has 3 unspecified atom stereocenters. The Morgan fingerprint density at radius 3 is 2.60 bits per heavy atom. The molecular weight excluding hydrogens is 342 g/mol. The molecule has 0 aromatic heterocycles. The Bertz CT molecular complexity index is 790. The highest BCUT2D eigenvalue weighted by atomic mass is 35.5. The molecule has 1 fully saturated rings. The minimum absolute atomic E-state index is 0.0924. The summed E-state index contributed by atoms with van der Waals surface area (Å²) in [6.07, 6.45) is 0.700. The zero-order chi connectivity index (χ0) is 18.0. The van der Waals surface area contributed by atoms with Crippen molar-refractivity contribution in [2.75, 3.05) is 7.11 Å². The van der Waals surface area contributed by atoms with E-state index in [4.69, 9.17) is 16.3 Å². The van der Waals surface area contributed by atoms with Crippen LogP contribution in [0.25, 0.3) is 0 Å². The number of benzene rings is 2. The molecule has 0 saturated heterocycles. The molecule has 0 aliphatic heterocycles. The zero-order valence-corrected chi connectivity index (χ0v) is 14.4. The Morgan fingerprint density at radius 2 is 1.96 bits per heavy atom. The van der Waals surface area contributed by atoms with Gasteiger partial charge < -0.3 is 15.2 Å². The third-order valence-corrected chi connectivity index (χ3v) is 4.64. The second-order valence-corrected chi connectivity index (χ2v) is 6.49. The summed E-state index contributed by atoms with van der Waals surface area (Å²) in [6, 6.07) is 12.9. The van der Waals surface area contributed by atoms with Gasteiger partial charge in [-0.1, -0.05) is 35.9 Å². The van der Waals surface area contributed by atoms with Gasteiger partial charge in [-0.15, -0.1) is 0 Å². The third-order valence-electron chi connectivity index (χ3n) is 4.39. The van der Waals surface area contributed by atoms with Crippen LogP contribution >= 0.6 is 11.6 Å². The number of ether oxygens (including phenoxy) is 1. The van der Waals surface area contributed by atoms with Crippen LogP contribution in [0.1, 0.15) is 29.5 Å². The summed E-state index contributed by atoms with van der Waals surface area (Å²) in [5.41, 5.74) is 1.52. The predicted octanol–water partition coefficient (Wildman–Crippen LogP) is 3.39. The van der Waals surface area contributed by atoms with Crippen molar-refractivity contribution in [3.63, 3.8) is 0 Å². The molecule has 25 heavy (non-hydrogen) atoms. The number of carboxylic acid groups (broad SMARTS) is 1. The summed E-state index contributed by atoms with van der Waals surface area (Å²) in [5.74, 6) is -0.742. The SMILES string of the molecule is COc1cccc(C2CC2C(=O)NC(C(=O)O)c2ccc(Cl)cc2)c1. The fraction of sp³-hybridized carbons (Fsp3) is 0.263. The van der Waals surface area contributed by atoms with Gasteiger partial charge in [0.05, 0.1) is 7.11 Å². The number of hydrogen-bond donors (Lipinski definition) is 2. The number of carbonyl (C=O) groups excluding carboxylic acids is 1. The molecule has 3 atom stereocenters. The van der Waals surface area contributed by atoms with Crippen LogP contribution in [0.4, 0.5) is 0 Å². The monoisotopic (exact) mass is 359 g/mol. The first kappa shape index (κ1) is 17.3. The highest BCUT2D eigenvalue weighted by Crippen LogP contribution is 2.48. The first-order valence-electron chi connectivity index (χ1n) is 7.92. The Morgan fingerprint density at radius 1 is 1.24 bits per heavy atom. The van der Waals surface area contributed by atoms with Crippen molar-refractivity contribution in [1.29, 1.82) is 0 Å². The van der Waals surface area contributed by atoms with E-state index >= 15 is 0 Å². The lowest BCUT2D eigenvalue weighted by Crippen LogP contribution is -2.35. The summed E-state index contributed by atoms with van der Waals surface area (Å²) in [7, 11) is 1.60. The number of halogens is 1. The maximum atomic E-state index is 12.5. The van der Waals surface area contributed by atoms with Crippen LogP contribution in [0.15, 0.2) is 48.5 Å². The summed E-state index contributed by atoms with van der Waals surface area (Å²) < 4.78 is 5.20. The molecular formula is C19H18ClNO4. The lowest BCUT2D eigenvalue weighted by atomic mass is 10.1. The molecule has 2 aromatic carbocycles. The van der Waals surface area contributed by atoms with Gasteiger partial charge in [-0.3, -0.25) is 4.79 Å². The summed E-state index contributed by atoms with van der Waals surface area (Å²) in [5, 5.41) is 12.6. The van der Waals surface area contributed by atoms with Gasteiger partial charge >= 0.3 is 5.97 Å². The van der Waals surface area contributed by atoms with Crippen molar-refractivity contribution in [1.82, 2.24) is 5.32 Å². The second kappa shape index (κ2) is 7.15. The van der Waals surface area contributed by atoms with Crippen molar-refractivity contribution >= 4 is 23.5 Å². The van der Waals surface area contributed by atoms with Crippen LogP contribution in [0.5, 0.6) is 5.75 Å². The minimum Gasteiger partial charge on any atom is -0.497 e. The molecule has 0 radical (unpaired) electrons. The smallest absolute Gasteiger partial charge is 0.330 e. The molecule has 2 aromatic rings. The van der Waals surface area contributed by atoms with Crippen molar-refractivity contribution in [3.8, 4) is 5.75 Å². The van der Waals surface area contributed by atoms with Gasteiger partial charge in [-0.2, -0.15) is 0 Å². The lowest BCUT2D eigenvalue weighted by molar-refractivity contribution is -0.142.